The molecule has 152 valence electrons. The van der Waals surface area contributed by atoms with Gasteiger partial charge in [-0.15, -0.1) is 0 Å². The molecule has 0 aromatic heterocycles. The SMILES string of the molecule is COC1CCN(c2ccc(N(C=O)C3CCC(=O)NC3=O)c(N(C)C)c2)CC1. The average molecular weight is 388 g/mol. The highest BCUT2D eigenvalue weighted by Gasteiger charge is 2.33. The number of hydrogen-bond acceptors (Lipinski definition) is 6. The quantitative estimate of drug-likeness (QED) is 0.581. The molecule has 28 heavy (non-hydrogen) atoms. The summed E-state index contributed by atoms with van der Waals surface area (Å²) < 4.78 is 5.44. The molecule has 2 fully saturated rings. The van der Waals surface area contributed by atoms with E-state index >= 15 is 0 Å². The molecule has 0 aliphatic carbocycles. The van der Waals surface area contributed by atoms with Crippen LogP contribution in [0.3, 0.4) is 0 Å². The molecule has 1 aromatic rings. The van der Waals surface area contributed by atoms with Crippen molar-refractivity contribution in [1.29, 1.82) is 0 Å². The van der Waals surface area contributed by atoms with Gasteiger partial charge < -0.3 is 19.4 Å². The second kappa shape index (κ2) is 8.60. The van der Waals surface area contributed by atoms with Crippen LogP contribution in [0.4, 0.5) is 17.1 Å². The molecule has 1 N–H and O–H groups in total. The Morgan fingerprint density at radius 2 is 1.86 bits per heavy atom. The predicted molar refractivity (Wildman–Crippen MR) is 108 cm³/mol. The van der Waals surface area contributed by atoms with E-state index in [9.17, 15) is 14.4 Å². The lowest BCUT2D eigenvalue weighted by Crippen LogP contribution is -2.52. The topological polar surface area (TPSA) is 82.2 Å². The van der Waals surface area contributed by atoms with Crippen molar-refractivity contribution < 1.29 is 19.1 Å². The summed E-state index contributed by atoms with van der Waals surface area (Å²) in [5, 5.41) is 2.32. The van der Waals surface area contributed by atoms with Gasteiger partial charge in [0, 0.05) is 46.4 Å². The molecule has 1 aromatic carbocycles. The zero-order valence-corrected chi connectivity index (χ0v) is 16.7. The minimum absolute atomic E-state index is 0.227. The molecule has 1 unspecified atom stereocenters. The van der Waals surface area contributed by atoms with Crippen molar-refractivity contribution in [2.75, 3.05) is 49.0 Å². The van der Waals surface area contributed by atoms with E-state index in [1.54, 1.807) is 7.11 Å². The number of ether oxygens (including phenoxy) is 1. The first-order valence-electron chi connectivity index (χ1n) is 9.61. The Labute approximate surface area is 165 Å². The van der Waals surface area contributed by atoms with Crippen LogP contribution in [0.2, 0.25) is 0 Å². The summed E-state index contributed by atoms with van der Waals surface area (Å²) in [6.07, 6.45) is 3.49. The van der Waals surface area contributed by atoms with Crippen molar-refractivity contribution in [2.24, 2.45) is 0 Å². The molecule has 0 saturated carbocycles. The number of nitrogens with one attached hydrogen (secondary N) is 1. The van der Waals surface area contributed by atoms with Gasteiger partial charge in [-0.05, 0) is 37.5 Å². The van der Waals surface area contributed by atoms with Gasteiger partial charge in [-0.3, -0.25) is 19.7 Å². The van der Waals surface area contributed by atoms with Crippen molar-refractivity contribution in [3.8, 4) is 0 Å². The average Bonchev–Trinajstić information content (AvgIpc) is 2.70. The number of carbonyl (C=O) groups is 3. The first kappa shape index (κ1) is 20.1. The minimum atomic E-state index is -0.683. The number of hydrogen-bond donors (Lipinski definition) is 1. The third kappa shape index (κ3) is 4.11. The summed E-state index contributed by atoms with van der Waals surface area (Å²) in [7, 11) is 5.57. The highest BCUT2D eigenvalue weighted by molar-refractivity contribution is 6.04. The highest BCUT2D eigenvalue weighted by atomic mass is 16.5. The van der Waals surface area contributed by atoms with Crippen LogP contribution in [0, 0.1) is 0 Å². The molecule has 2 heterocycles. The maximum absolute atomic E-state index is 12.3. The molecule has 0 bridgehead atoms. The van der Waals surface area contributed by atoms with Crippen LogP contribution in [-0.4, -0.2) is 64.7 Å². The standard InChI is InChI=1S/C20H28N4O4/c1-22(2)18-12-14(23-10-8-15(28-3)9-11-23)4-5-16(18)24(13-25)17-6-7-19(26)21-20(17)27/h4-5,12-13,15,17H,6-11H2,1-3H3,(H,21,26,27). The molecule has 8 nitrogen and oxygen atoms in total. The minimum Gasteiger partial charge on any atom is -0.381 e. The molecule has 0 radical (unpaired) electrons. The smallest absolute Gasteiger partial charge is 0.249 e. The molecule has 2 aliphatic heterocycles. The molecule has 2 aliphatic rings. The molecular weight excluding hydrogens is 360 g/mol. The summed E-state index contributed by atoms with van der Waals surface area (Å²) >= 11 is 0. The summed E-state index contributed by atoms with van der Waals surface area (Å²) in [5.41, 5.74) is 2.59. The number of carbonyl (C=O) groups excluding carboxylic acids is 3. The molecule has 2 saturated heterocycles. The van der Waals surface area contributed by atoms with Gasteiger partial charge >= 0.3 is 0 Å². The van der Waals surface area contributed by atoms with Gasteiger partial charge in [0.25, 0.3) is 0 Å². The normalized spacial score (nSPS) is 20.7. The number of nitrogens with zero attached hydrogens (tertiary/aromatic N) is 3. The van der Waals surface area contributed by atoms with Crippen molar-refractivity contribution in [3.63, 3.8) is 0 Å². The Hall–Kier alpha value is -2.61. The van der Waals surface area contributed by atoms with Gasteiger partial charge in [0.2, 0.25) is 18.2 Å². The van der Waals surface area contributed by atoms with Crippen LogP contribution in [0.1, 0.15) is 25.7 Å². The van der Waals surface area contributed by atoms with E-state index < -0.39 is 11.9 Å². The third-order valence-electron chi connectivity index (χ3n) is 5.52. The van der Waals surface area contributed by atoms with Gasteiger partial charge in [0.15, 0.2) is 0 Å². The van der Waals surface area contributed by atoms with E-state index in [2.05, 4.69) is 10.2 Å². The van der Waals surface area contributed by atoms with Gasteiger partial charge in [-0.2, -0.15) is 0 Å². The number of amides is 3. The number of rotatable bonds is 6. The van der Waals surface area contributed by atoms with E-state index in [0.717, 1.165) is 37.3 Å². The summed E-state index contributed by atoms with van der Waals surface area (Å²) in [6.45, 7) is 1.82. The molecular formula is C20H28N4O4. The molecule has 3 rings (SSSR count). The fraction of sp³-hybridized carbons (Fsp3) is 0.550. The highest BCUT2D eigenvalue weighted by Crippen LogP contribution is 2.35. The summed E-state index contributed by atoms with van der Waals surface area (Å²) in [6, 6.07) is 5.23. The zero-order chi connectivity index (χ0) is 20.3. The second-order valence-corrected chi connectivity index (χ2v) is 7.47. The van der Waals surface area contributed by atoms with E-state index in [1.165, 1.54) is 4.90 Å². The lowest BCUT2D eigenvalue weighted by molar-refractivity contribution is -0.134. The van der Waals surface area contributed by atoms with Crippen molar-refractivity contribution in [1.82, 2.24) is 5.32 Å². The third-order valence-corrected chi connectivity index (χ3v) is 5.52. The predicted octanol–water partition coefficient (Wildman–Crippen LogP) is 1.14. The van der Waals surface area contributed by atoms with Crippen molar-refractivity contribution in [3.05, 3.63) is 18.2 Å². The monoisotopic (exact) mass is 388 g/mol. The van der Waals surface area contributed by atoms with Crippen LogP contribution in [0.15, 0.2) is 18.2 Å². The van der Waals surface area contributed by atoms with E-state index in [4.69, 9.17) is 4.74 Å². The van der Waals surface area contributed by atoms with Gasteiger partial charge in [-0.1, -0.05) is 0 Å². The van der Waals surface area contributed by atoms with Crippen LogP contribution in [-0.2, 0) is 19.1 Å². The maximum Gasteiger partial charge on any atom is 0.249 e. The zero-order valence-electron chi connectivity index (χ0n) is 16.7. The maximum atomic E-state index is 12.3. The second-order valence-electron chi connectivity index (χ2n) is 7.47. The lowest BCUT2D eigenvalue weighted by Gasteiger charge is -2.35. The van der Waals surface area contributed by atoms with Crippen LogP contribution >= 0.6 is 0 Å². The van der Waals surface area contributed by atoms with Gasteiger partial charge in [-0.25, -0.2) is 0 Å². The summed E-state index contributed by atoms with van der Waals surface area (Å²) in [5.74, 6) is -0.728. The fourth-order valence-corrected chi connectivity index (χ4v) is 3.88. The number of piperidine rings is 2. The number of imide groups is 1. The van der Waals surface area contributed by atoms with Crippen LogP contribution in [0.5, 0.6) is 0 Å². The lowest BCUT2D eigenvalue weighted by atomic mass is 10.0. The number of methoxy groups -OCH3 is 1. The Bertz CT molecular complexity index is 744. The van der Waals surface area contributed by atoms with Gasteiger partial charge in [0.1, 0.15) is 6.04 Å². The largest absolute Gasteiger partial charge is 0.381 e. The summed E-state index contributed by atoms with van der Waals surface area (Å²) in [4.78, 5) is 41.3. The molecule has 3 amide bonds. The fourth-order valence-electron chi connectivity index (χ4n) is 3.88. The molecule has 0 spiro atoms. The Kier molecular flexibility index (Phi) is 6.18. The van der Waals surface area contributed by atoms with Gasteiger partial charge in [0.05, 0.1) is 17.5 Å². The van der Waals surface area contributed by atoms with E-state index in [0.29, 0.717) is 24.6 Å². The van der Waals surface area contributed by atoms with Crippen LogP contribution in [0.25, 0.3) is 0 Å². The Balaban J connectivity index is 1.87. The molecule has 1 atom stereocenters. The van der Waals surface area contributed by atoms with E-state index in [1.807, 2.05) is 37.2 Å². The number of anilines is 3. The number of benzene rings is 1. The van der Waals surface area contributed by atoms with Crippen molar-refractivity contribution >= 4 is 35.3 Å². The molecule has 8 heteroatoms. The first-order valence-corrected chi connectivity index (χ1v) is 9.61. The van der Waals surface area contributed by atoms with E-state index in [-0.39, 0.29) is 12.3 Å². The van der Waals surface area contributed by atoms with Crippen molar-refractivity contribution in [2.45, 2.75) is 37.8 Å². The van der Waals surface area contributed by atoms with Crippen LogP contribution < -0.4 is 20.0 Å². The Morgan fingerprint density at radius 3 is 2.43 bits per heavy atom. The first-order chi connectivity index (χ1) is 13.4. The Morgan fingerprint density at radius 1 is 1.14 bits per heavy atom.